The first kappa shape index (κ1) is 16.9. The first-order valence-electron chi connectivity index (χ1n) is 7.28. The van der Waals surface area contributed by atoms with Gasteiger partial charge in [0.1, 0.15) is 23.2 Å². The van der Waals surface area contributed by atoms with Gasteiger partial charge >= 0.3 is 5.97 Å². The maximum Gasteiger partial charge on any atom is 0.349 e. The van der Waals surface area contributed by atoms with Crippen LogP contribution in [-0.2, 0) is 9.53 Å². The van der Waals surface area contributed by atoms with E-state index in [9.17, 15) is 4.79 Å². The molecule has 0 aliphatic rings. The van der Waals surface area contributed by atoms with Gasteiger partial charge in [0.25, 0.3) is 0 Å². The van der Waals surface area contributed by atoms with E-state index in [4.69, 9.17) is 26.0 Å². The fraction of sp³-hybridized carbons (Fsp3) is 0.222. The van der Waals surface area contributed by atoms with Crippen LogP contribution in [-0.4, -0.2) is 12.6 Å². The van der Waals surface area contributed by atoms with Crippen molar-refractivity contribution in [1.29, 1.82) is 5.26 Å². The quantitative estimate of drug-likeness (QED) is 0.329. The predicted molar refractivity (Wildman–Crippen MR) is 88.6 cm³/mol. The number of carbonyl (C=O) groups is 1. The van der Waals surface area contributed by atoms with E-state index in [0.29, 0.717) is 23.2 Å². The van der Waals surface area contributed by atoms with Gasteiger partial charge in [0.05, 0.1) is 6.61 Å². The minimum absolute atomic E-state index is 0.0851. The molecule has 0 atom stereocenters. The Labute approximate surface area is 139 Å². The highest BCUT2D eigenvalue weighted by Gasteiger charge is 2.12. The SMILES string of the molecule is CCCCOC(=O)C(C#N)=Cc1ccc(-c2ccc(Cl)cc2)o1. The van der Waals surface area contributed by atoms with E-state index in [1.165, 1.54) is 6.08 Å². The molecule has 0 amide bonds. The fourth-order valence-electron chi connectivity index (χ4n) is 1.87. The van der Waals surface area contributed by atoms with Gasteiger partial charge in [-0.1, -0.05) is 24.9 Å². The van der Waals surface area contributed by atoms with Crippen molar-refractivity contribution in [2.24, 2.45) is 0 Å². The average molecular weight is 330 g/mol. The molecule has 1 aromatic carbocycles. The summed E-state index contributed by atoms with van der Waals surface area (Å²) in [4.78, 5) is 11.8. The minimum Gasteiger partial charge on any atom is -0.462 e. The number of nitriles is 1. The van der Waals surface area contributed by atoms with Gasteiger partial charge in [0.15, 0.2) is 0 Å². The van der Waals surface area contributed by atoms with Gasteiger partial charge in [-0.3, -0.25) is 0 Å². The van der Waals surface area contributed by atoms with E-state index in [1.54, 1.807) is 24.3 Å². The van der Waals surface area contributed by atoms with Crippen LogP contribution in [0.5, 0.6) is 0 Å². The maximum atomic E-state index is 11.8. The molecule has 0 fully saturated rings. The molecule has 1 aromatic heterocycles. The van der Waals surface area contributed by atoms with Crippen LogP contribution >= 0.6 is 11.6 Å². The van der Waals surface area contributed by atoms with Crippen molar-refractivity contribution in [1.82, 2.24) is 0 Å². The van der Waals surface area contributed by atoms with Crippen molar-refractivity contribution >= 4 is 23.6 Å². The van der Waals surface area contributed by atoms with Gasteiger partial charge in [-0.2, -0.15) is 5.26 Å². The Morgan fingerprint density at radius 3 is 2.70 bits per heavy atom. The van der Waals surface area contributed by atoms with Crippen LogP contribution in [0.3, 0.4) is 0 Å². The van der Waals surface area contributed by atoms with Gasteiger partial charge in [-0.15, -0.1) is 0 Å². The van der Waals surface area contributed by atoms with Gasteiger partial charge < -0.3 is 9.15 Å². The standard InChI is InChI=1S/C18H16ClNO3/c1-2-3-10-22-18(21)14(12-20)11-16-8-9-17(23-16)13-4-6-15(19)7-5-13/h4-9,11H,2-3,10H2,1H3. The first-order chi connectivity index (χ1) is 11.1. The van der Waals surface area contributed by atoms with Crippen LogP contribution < -0.4 is 0 Å². The van der Waals surface area contributed by atoms with Crippen LogP contribution in [0.1, 0.15) is 25.5 Å². The van der Waals surface area contributed by atoms with Crippen LogP contribution in [0.15, 0.2) is 46.4 Å². The molecule has 1 heterocycles. The third-order valence-corrected chi connectivity index (χ3v) is 3.37. The Balaban J connectivity index is 2.13. The number of ether oxygens (including phenoxy) is 1. The molecule has 23 heavy (non-hydrogen) atoms. The van der Waals surface area contributed by atoms with Crippen molar-refractivity contribution in [2.75, 3.05) is 6.61 Å². The van der Waals surface area contributed by atoms with Crippen LogP contribution in [0, 0.1) is 11.3 Å². The van der Waals surface area contributed by atoms with Crippen molar-refractivity contribution in [3.05, 3.63) is 52.8 Å². The lowest BCUT2D eigenvalue weighted by atomic mass is 10.2. The van der Waals surface area contributed by atoms with Crippen molar-refractivity contribution in [3.8, 4) is 17.4 Å². The number of furan rings is 1. The third kappa shape index (κ3) is 4.73. The lowest BCUT2D eigenvalue weighted by molar-refractivity contribution is -0.138. The Morgan fingerprint density at radius 1 is 1.30 bits per heavy atom. The Hall–Kier alpha value is -2.51. The summed E-state index contributed by atoms with van der Waals surface area (Å²) in [6, 6.07) is 12.5. The monoisotopic (exact) mass is 329 g/mol. The lowest BCUT2D eigenvalue weighted by Gasteiger charge is -2.01. The molecular formula is C18H16ClNO3. The highest BCUT2D eigenvalue weighted by atomic mass is 35.5. The van der Waals surface area contributed by atoms with Crippen molar-refractivity contribution < 1.29 is 13.9 Å². The summed E-state index contributed by atoms with van der Waals surface area (Å²) in [5.41, 5.74) is 0.774. The number of benzene rings is 1. The van der Waals surface area contributed by atoms with E-state index >= 15 is 0 Å². The molecule has 118 valence electrons. The van der Waals surface area contributed by atoms with Gasteiger partial charge in [0, 0.05) is 16.7 Å². The van der Waals surface area contributed by atoms with Gasteiger partial charge in [0.2, 0.25) is 0 Å². The van der Waals surface area contributed by atoms with E-state index in [-0.39, 0.29) is 5.57 Å². The summed E-state index contributed by atoms with van der Waals surface area (Å²) < 4.78 is 10.7. The summed E-state index contributed by atoms with van der Waals surface area (Å²) in [6.45, 7) is 2.30. The number of hydrogen-bond acceptors (Lipinski definition) is 4. The van der Waals surface area contributed by atoms with E-state index in [0.717, 1.165) is 18.4 Å². The van der Waals surface area contributed by atoms with Gasteiger partial charge in [-0.25, -0.2) is 4.79 Å². The molecule has 0 radical (unpaired) electrons. The number of unbranched alkanes of at least 4 members (excludes halogenated alkanes) is 1. The molecule has 0 saturated carbocycles. The number of nitrogens with zero attached hydrogens (tertiary/aromatic N) is 1. The minimum atomic E-state index is -0.634. The number of carbonyl (C=O) groups excluding carboxylic acids is 1. The number of esters is 1. The number of hydrogen-bond donors (Lipinski definition) is 0. The second-order valence-corrected chi connectivity index (χ2v) is 5.30. The van der Waals surface area contributed by atoms with Crippen molar-refractivity contribution in [2.45, 2.75) is 19.8 Å². The number of halogens is 1. The highest BCUT2D eigenvalue weighted by Crippen LogP contribution is 2.24. The highest BCUT2D eigenvalue weighted by molar-refractivity contribution is 6.30. The van der Waals surface area contributed by atoms with E-state index < -0.39 is 5.97 Å². The second kappa shape index (κ2) is 8.21. The molecular weight excluding hydrogens is 314 g/mol. The summed E-state index contributed by atoms with van der Waals surface area (Å²) >= 11 is 5.85. The Bertz CT molecular complexity index is 738. The van der Waals surface area contributed by atoms with Crippen LogP contribution in [0.2, 0.25) is 5.02 Å². The van der Waals surface area contributed by atoms with Crippen molar-refractivity contribution in [3.63, 3.8) is 0 Å². The molecule has 0 N–H and O–H groups in total. The summed E-state index contributed by atoms with van der Waals surface area (Å²) in [5, 5.41) is 9.73. The average Bonchev–Trinajstić information content (AvgIpc) is 3.02. The fourth-order valence-corrected chi connectivity index (χ4v) is 1.99. The zero-order valence-corrected chi connectivity index (χ0v) is 13.5. The molecule has 0 spiro atoms. The van der Waals surface area contributed by atoms with E-state index in [1.807, 2.05) is 25.1 Å². The summed E-state index contributed by atoms with van der Waals surface area (Å²) in [6.07, 6.45) is 3.07. The topological polar surface area (TPSA) is 63.2 Å². The first-order valence-corrected chi connectivity index (χ1v) is 7.66. The molecule has 4 nitrogen and oxygen atoms in total. The normalized spacial score (nSPS) is 11.1. The number of rotatable bonds is 6. The molecule has 0 bridgehead atoms. The van der Waals surface area contributed by atoms with Crippen LogP contribution in [0.4, 0.5) is 0 Å². The molecule has 0 aliphatic carbocycles. The Kier molecular flexibility index (Phi) is 6.02. The summed E-state index contributed by atoms with van der Waals surface area (Å²) in [5.74, 6) is 0.411. The molecule has 5 heteroatoms. The van der Waals surface area contributed by atoms with Gasteiger partial charge in [-0.05, 0) is 42.8 Å². The Morgan fingerprint density at radius 2 is 2.04 bits per heavy atom. The maximum absolute atomic E-state index is 11.8. The largest absolute Gasteiger partial charge is 0.462 e. The molecule has 2 rings (SSSR count). The lowest BCUT2D eigenvalue weighted by Crippen LogP contribution is -2.07. The smallest absolute Gasteiger partial charge is 0.349 e. The van der Waals surface area contributed by atoms with Crippen LogP contribution in [0.25, 0.3) is 17.4 Å². The third-order valence-electron chi connectivity index (χ3n) is 3.11. The zero-order valence-electron chi connectivity index (χ0n) is 12.7. The molecule has 0 aliphatic heterocycles. The molecule has 2 aromatic rings. The molecule has 0 unspecified atom stereocenters. The molecule has 0 saturated heterocycles. The summed E-state index contributed by atoms with van der Waals surface area (Å²) in [7, 11) is 0. The second-order valence-electron chi connectivity index (χ2n) is 4.87. The zero-order chi connectivity index (χ0) is 16.7. The predicted octanol–water partition coefficient (Wildman–Crippen LogP) is 4.85. The van der Waals surface area contributed by atoms with E-state index in [2.05, 4.69) is 0 Å².